The third-order valence-corrected chi connectivity index (χ3v) is 2.81. The third-order valence-electron chi connectivity index (χ3n) is 2.81. The highest BCUT2D eigenvalue weighted by molar-refractivity contribution is 5.69. The van der Waals surface area contributed by atoms with Crippen LogP contribution < -0.4 is 5.56 Å². The number of fused-ring (bicyclic) bond motifs is 1. The second-order valence-electron chi connectivity index (χ2n) is 5.61. The van der Waals surface area contributed by atoms with Gasteiger partial charge in [0.2, 0.25) is 5.56 Å². The molecule has 0 saturated heterocycles. The van der Waals surface area contributed by atoms with Crippen molar-refractivity contribution >= 4 is 6.09 Å². The largest absolute Gasteiger partial charge is 0.444 e. The molecule has 0 atom stereocenters. The minimum atomic E-state index is -0.506. The van der Waals surface area contributed by atoms with E-state index in [9.17, 15) is 9.59 Å². The highest BCUT2D eigenvalue weighted by Crippen LogP contribution is 2.24. The highest BCUT2D eigenvalue weighted by atomic mass is 16.6. The van der Waals surface area contributed by atoms with Crippen molar-refractivity contribution in [2.45, 2.75) is 46.4 Å². The number of hydrogen-bond acceptors (Lipinski definition) is 3. The fourth-order valence-electron chi connectivity index (χ4n) is 2.03. The number of H-pyrrole nitrogens is 1. The highest BCUT2D eigenvalue weighted by Gasteiger charge is 2.29. The van der Waals surface area contributed by atoms with E-state index in [2.05, 4.69) is 4.98 Å². The number of aryl methyl sites for hydroxylation is 1. The molecule has 1 aromatic rings. The van der Waals surface area contributed by atoms with Gasteiger partial charge < -0.3 is 9.72 Å². The molecule has 1 N–H and O–H groups in total. The van der Waals surface area contributed by atoms with Crippen molar-refractivity contribution in [2.24, 2.45) is 0 Å². The molecule has 5 nitrogen and oxygen atoms in total. The number of amides is 1. The van der Waals surface area contributed by atoms with E-state index >= 15 is 0 Å². The fraction of sp³-hybridized carbons (Fsp3) is 0.538. The first-order valence-corrected chi connectivity index (χ1v) is 5.96. The summed E-state index contributed by atoms with van der Waals surface area (Å²) in [6.45, 7) is 8.28. The van der Waals surface area contributed by atoms with Gasteiger partial charge in [-0.05, 0) is 38.8 Å². The maximum absolute atomic E-state index is 11.9. The van der Waals surface area contributed by atoms with Crippen molar-refractivity contribution in [3.8, 4) is 0 Å². The molecule has 1 aromatic heterocycles. The van der Waals surface area contributed by atoms with Gasteiger partial charge >= 0.3 is 6.09 Å². The monoisotopic (exact) mass is 250 g/mol. The first-order valence-electron chi connectivity index (χ1n) is 5.96. The van der Waals surface area contributed by atoms with Crippen LogP contribution >= 0.6 is 0 Å². The summed E-state index contributed by atoms with van der Waals surface area (Å²) in [5.74, 6) is 0. The lowest BCUT2D eigenvalue weighted by Crippen LogP contribution is -2.33. The number of carbonyl (C=O) groups is 1. The summed E-state index contributed by atoms with van der Waals surface area (Å²) < 4.78 is 5.32. The lowest BCUT2D eigenvalue weighted by Gasteiger charge is -2.24. The van der Waals surface area contributed by atoms with Crippen molar-refractivity contribution in [2.75, 3.05) is 0 Å². The summed E-state index contributed by atoms with van der Waals surface area (Å²) in [7, 11) is 0. The van der Waals surface area contributed by atoms with E-state index < -0.39 is 5.60 Å². The minimum Gasteiger partial charge on any atom is -0.444 e. The van der Waals surface area contributed by atoms with Gasteiger partial charge in [0.1, 0.15) is 5.60 Å². The Kier molecular flexibility index (Phi) is 2.92. The van der Waals surface area contributed by atoms with Crippen molar-refractivity contribution in [3.63, 3.8) is 0 Å². The topological polar surface area (TPSA) is 62.4 Å². The van der Waals surface area contributed by atoms with Gasteiger partial charge in [0, 0.05) is 11.8 Å². The van der Waals surface area contributed by atoms with Crippen LogP contribution in [0, 0.1) is 6.92 Å². The van der Waals surface area contributed by atoms with Crippen molar-refractivity contribution in [1.82, 2.24) is 9.88 Å². The van der Waals surface area contributed by atoms with Crippen LogP contribution in [0.5, 0.6) is 0 Å². The number of carbonyl (C=O) groups excluding carboxylic acids is 1. The number of aromatic nitrogens is 1. The Morgan fingerprint density at radius 1 is 1.39 bits per heavy atom. The van der Waals surface area contributed by atoms with Crippen LogP contribution in [0.1, 0.15) is 37.6 Å². The Morgan fingerprint density at radius 2 is 2.06 bits per heavy atom. The van der Waals surface area contributed by atoms with Crippen LogP contribution in [0.3, 0.4) is 0 Å². The average Bonchev–Trinajstić information content (AvgIpc) is 2.58. The molecule has 2 rings (SSSR count). The maximum atomic E-state index is 11.9. The van der Waals surface area contributed by atoms with E-state index in [0.29, 0.717) is 13.1 Å². The predicted molar refractivity (Wildman–Crippen MR) is 67.3 cm³/mol. The van der Waals surface area contributed by atoms with Gasteiger partial charge in [-0.25, -0.2) is 4.79 Å². The Morgan fingerprint density at radius 3 is 2.67 bits per heavy atom. The molecular formula is C13H18N2O3. The second kappa shape index (κ2) is 4.15. The zero-order chi connectivity index (χ0) is 13.5. The number of hydrogen-bond donors (Lipinski definition) is 1. The quantitative estimate of drug-likeness (QED) is 0.765. The van der Waals surface area contributed by atoms with Crippen LogP contribution in [0.25, 0.3) is 0 Å². The van der Waals surface area contributed by atoms with Crippen molar-refractivity contribution in [3.05, 3.63) is 33.2 Å². The molecule has 0 spiro atoms. The second-order valence-corrected chi connectivity index (χ2v) is 5.61. The zero-order valence-electron chi connectivity index (χ0n) is 11.2. The van der Waals surface area contributed by atoms with Crippen molar-refractivity contribution < 1.29 is 9.53 Å². The van der Waals surface area contributed by atoms with E-state index in [4.69, 9.17) is 4.74 Å². The molecule has 1 amide bonds. The number of aromatic amines is 1. The Labute approximate surface area is 106 Å². The molecule has 5 heteroatoms. The van der Waals surface area contributed by atoms with Gasteiger partial charge in [-0.15, -0.1) is 0 Å². The van der Waals surface area contributed by atoms with Gasteiger partial charge in [0.15, 0.2) is 0 Å². The summed E-state index contributed by atoms with van der Waals surface area (Å²) in [5, 5.41) is 0. The van der Waals surface area contributed by atoms with E-state index in [1.54, 1.807) is 11.0 Å². The van der Waals surface area contributed by atoms with E-state index in [1.165, 1.54) is 0 Å². The summed E-state index contributed by atoms with van der Waals surface area (Å²) in [6.07, 6.45) is -0.348. The van der Waals surface area contributed by atoms with E-state index in [-0.39, 0.29) is 11.7 Å². The van der Waals surface area contributed by atoms with Crippen LogP contribution in [0.15, 0.2) is 10.9 Å². The van der Waals surface area contributed by atoms with Gasteiger partial charge in [0.05, 0.1) is 13.1 Å². The smallest absolute Gasteiger partial charge is 0.410 e. The molecule has 0 radical (unpaired) electrons. The van der Waals surface area contributed by atoms with Crippen LogP contribution in [0.4, 0.5) is 4.79 Å². The number of pyridine rings is 1. The molecule has 0 aliphatic carbocycles. The molecule has 0 bridgehead atoms. The average molecular weight is 250 g/mol. The molecule has 0 unspecified atom stereocenters. The zero-order valence-corrected chi connectivity index (χ0v) is 11.2. The SMILES string of the molecule is Cc1cc(=O)[nH]c2c1CN(C(=O)OC(C)(C)C)C2. The van der Waals surface area contributed by atoms with Gasteiger partial charge in [-0.3, -0.25) is 9.69 Å². The minimum absolute atomic E-state index is 0.128. The van der Waals surface area contributed by atoms with E-state index in [0.717, 1.165) is 16.8 Å². The maximum Gasteiger partial charge on any atom is 0.410 e. The number of nitrogens with zero attached hydrogens (tertiary/aromatic N) is 1. The van der Waals surface area contributed by atoms with Crippen LogP contribution in [0.2, 0.25) is 0 Å². The number of ether oxygens (including phenoxy) is 1. The summed E-state index contributed by atoms with van der Waals surface area (Å²) in [4.78, 5) is 27.7. The molecule has 18 heavy (non-hydrogen) atoms. The standard InChI is InChI=1S/C13H18N2O3/c1-8-5-11(16)14-10-7-15(6-9(8)10)12(17)18-13(2,3)4/h5H,6-7H2,1-4H3,(H,14,16). The first kappa shape index (κ1) is 12.7. The molecule has 2 heterocycles. The molecule has 0 saturated carbocycles. The third kappa shape index (κ3) is 2.55. The first-order chi connectivity index (χ1) is 8.26. The fourth-order valence-corrected chi connectivity index (χ4v) is 2.03. The van der Waals surface area contributed by atoms with Crippen molar-refractivity contribution in [1.29, 1.82) is 0 Å². The summed E-state index contributed by atoms with van der Waals surface area (Å²) >= 11 is 0. The van der Waals surface area contributed by atoms with E-state index in [1.807, 2.05) is 27.7 Å². The molecular weight excluding hydrogens is 232 g/mol. The molecule has 98 valence electrons. The Bertz CT molecular complexity index is 540. The van der Waals surface area contributed by atoms with Gasteiger partial charge in [0.25, 0.3) is 0 Å². The lowest BCUT2D eigenvalue weighted by atomic mass is 10.1. The van der Waals surface area contributed by atoms with Crippen LogP contribution in [-0.4, -0.2) is 21.6 Å². The van der Waals surface area contributed by atoms with Gasteiger partial charge in [-0.1, -0.05) is 0 Å². The predicted octanol–water partition coefficient (Wildman–Crippen LogP) is 1.93. The summed E-state index contributed by atoms with van der Waals surface area (Å²) in [6, 6.07) is 1.55. The lowest BCUT2D eigenvalue weighted by molar-refractivity contribution is 0.0240. The van der Waals surface area contributed by atoms with Crippen LogP contribution in [-0.2, 0) is 17.8 Å². The molecule has 0 aromatic carbocycles. The number of nitrogens with one attached hydrogen (secondary N) is 1. The number of rotatable bonds is 0. The molecule has 1 aliphatic heterocycles. The van der Waals surface area contributed by atoms with Gasteiger partial charge in [-0.2, -0.15) is 0 Å². The summed E-state index contributed by atoms with van der Waals surface area (Å²) in [5.41, 5.74) is 2.11. The molecule has 1 aliphatic rings. The Hall–Kier alpha value is -1.78. The normalized spacial score (nSPS) is 14.6. The molecule has 0 fully saturated rings. The Balaban J connectivity index is 2.18.